The minimum Gasteiger partial charge on any atom is -0.478 e. The van der Waals surface area contributed by atoms with Crippen LogP contribution < -0.4 is 10.6 Å². The number of carboxylic acid groups (broad SMARTS) is 1. The molecule has 3 aromatic rings. The normalized spacial score (nSPS) is 11.0. The first-order valence-electron chi connectivity index (χ1n) is 8.40. The minimum atomic E-state index is -1.07. The topological polar surface area (TPSA) is 109 Å². The van der Waals surface area contributed by atoms with Crippen molar-refractivity contribution >= 4 is 45.5 Å². The Hall–Kier alpha value is -3.65. The van der Waals surface area contributed by atoms with Gasteiger partial charge < -0.3 is 20.2 Å². The van der Waals surface area contributed by atoms with Gasteiger partial charge in [-0.3, -0.25) is 9.59 Å². The van der Waals surface area contributed by atoms with Gasteiger partial charge in [-0.15, -0.1) is 0 Å². The fraction of sp³-hybridized carbons (Fsp3) is 0. The first kappa shape index (κ1) is 20.1. The van der Waals surface area contributed by atoms with Crippen LogP contribution in [0.2, 0.25) is 0 Å². The van der Waals surface area contributed by atoms with Gasteiger partial charge in [-0.2, -0.15) is 0 Å². The Balaban J connectivity index is 1.83. The van der Waals surface area contributed by atoms with Gasteiger partial charge in [-0.05, 0) is 64.0 Å². The first-order chi connectivity index (χ1) is 13.9. The first-order valence-corrected chi connectivity index (χ1v) is 9.20. The highest BCUT2D eigenvalue weighted by molar-refractivity contribution is 9.10. The number of carboxylic acids is 1. The Morgan fingerprint density at radius 3 is 2.21 bits per heavy atom. The fourth-order valence-corrected chi connectivity index (χ4v) is 2.70. The molecule has 2 amide bonds. The zero-order chi connectivity index (χ0) is 20.8. The Morgan fingerprint density at radius 1 is 0.931 bits per heavy atom. The number of aromatic carboxylic acids is 1. The molecule has 3 rings (SSSR count). The highest BCUT2D eigenvalue weighted by atomic mass is 79.9. The summed E-state index contributed by atoms with van der Waals surface area (Å²) in [6, 6.07) is 17.7. The van der Waals surface area contributed by atoms with Crippen molar-refractivity contribution in [2.24, 2.45) is 0 Å². The number of furan rings is 1. The SMILES string of the molecule is O=C(Nc1ccc(C(=O)O)cc1)/C(=C/c1ccccc1)NC(=O)c1ccc(Br)o1. The van der Waals surface area contributed by atoms with E-state index >= 15 is 0 Å². The third-order valence-electron chi connectivity index (χ3n) is 3.79. The molecule has 0 radical (unpaired) electrons. The van der Waals surface area contributed by atoms with Crippen LogP contribution in [0, 0.1) is 0 Å². The second kappa shape index (κ2) is 9.03. The largest absolute Gasteiger partial charge is 0.478 e. The van der Waals surface area contributed by atoms with E-state index in [0.29, 0.717) is 15.9 Å². The summed E-state index contributed by atoms with van der Waals surface area (Å²) >= 11 is 3.13. The van der Waals surface area contributed by atoms with E-state index in [4.69, 9.17) is 9.52 Å². The monoisotopic (exact) mass is 454 g/mol. The molecular weight excluding hydrogens is 440 g/mol. The average molecular weight is 455 g/mol. The summed E-state index contributed by atoms with van der Waals surface area (Å²) in [5, 5.41) is 14.1. The Kier molecular flexibility index (Phi) is 6.25. The lowest BCUT2D eigenvalue weighted by molar-refractivity contribution is -0.113. The molecule has 0 saturated heterocycles. The van der Waals surface area contributed by atoms with Gasteiger partial charge in [0.2, 0.25) is 0 Å². The smallest absolute Gasteiger partial charge is 0.335 e. The lowest BCUT2D eigenvalue weighted by Crippen LogP contribution is -2.30. The Bertz CT molecular complexity index is 1070. The summed E-state index contributed by atoms with van der Waals surface area (Å²) in [5.41, 5.74) is 1.18. The van der Waals surface area contributed by atoms with Crippen LogP contribution >= 0.6 is 15.9 Å². The zero-order valence-electron chi connectivity index (χ0n) is 14.9. The van der Waals surface area contributed by atoms with Crippen LogP contribution in [0.3, 0.4) is 0 Å². The van der Waals surface area contributed by atoms with Gasteiger partial charge in [-0.1, -0.05) is 30.3 Å². The summed E-state index contributed by atoms with van der Waals surface area (Å²) < 4.78 is 5.61. The van der Waals surface area contributed by atoms with Crippen LogP contribution in [0.1, 0.15) is 26.5 Å². The molecule has 0 atom stereocenters. The molecule has 2 aromatic carbocycles. The van der Waals surface area contributed by atoms with E-state index in [1.807, 2.05) is 6.07 Å². The Morgan fingerprint density at radius 2 is 1.62 bits per heavy atom. The number of hydrogen-bond donors (Lipinski definition) is 3. The molecule has 0 unspecified atom stereocenters. The summed E-state index contributed by atoms with van der Waals surface area (Å²) in [4.78, 5) is 36.1. The maximum atomic E-state index is 12.8. The maximum absolute atomic E-state index is 12.8. The van der Waals surface area contributed by atoms with Crippen molar-refractivity contribution in [1.82, 2.24) is 5.32 Å². The lowest BCUT2D eigenvalue weighted by atomic mass is 10.1. The van der Waals surface area contributed by atoms with E-state index in [9.17, 15) is 14.4 Å². The predicted molar refractivity (Wildman–Crippen MR) is 110 cm³/mol. The fourth-order valence-electron chi connectivity index (χ4n) is 2.39. The third-order valence-corrected chi connectivity index (χ3v) is 4.22. The van der Waals surface area contributed by atoms with Crippen LogP contribution in [0.4, 0.5) is 5.69 Å². The quantitative estimate of drug-likeness (QED) is 0.484. The van der Waals surface area contributed by atoms with Crippen molar-refractivity contribution in [2.45, 2.75) is 0 Å². The number of nitrogens with one attached hydrogen (secondary N) is 2. The number of carbonyl (C=O) groups excluding carboxylic acids is 2. The third kappa shape index (κ3) is 5.43. The van der Waals surface area contributed by atoms with Crippen molar-refractivity contribution < 1.29 is 23.9 Å². The second-order valence-corrected chi connectivity index (χ2v) is 6.64. The van der Waals surface area contributed by atoms with Crippen LogP contribution in [0.15, 0.2) is 81.5 Å². The number of hydrogen-bond acceptors (Lipinski definition) is 4. The number of carbonyl (C=O) groups is 3. The van der Waals surface area contributed by atoms with Crippen LogP contribution in [0.25, 0.3) is 6.08 Å². The van der Waals surface area contributed by atoms with E-state index in [-0.39, 0.29) is 17.0 Å². The van der Waals surface area contributed by atoms with E-state index < -0.39 is 17.8 Å². The molecule has 29 heavy (non-hydrogen) atoms. The van der Waals surface area contributed by atoms with Gasteiger partial charge in [0, 0.05) is 5.69 Å². The lowest BCUT2D eigenvalue weighted by Gasteiger charge is -2.11. The van der Waals surface area contributed by atoms with Gasteiger partial charge in [0.25, 0.3) is 11.8 Å². The highest BCUT2D eigenvalue weighted by Crippen LogP contribution is 2.16. The minimum absolute atomic E-state index is 0.00367. The molecule has 1 aromatic heterocycles. The molecule has 0 saturated carbocycles. The molecule has 3 N–H and O–H groups in total. The molecule has 7 nitrogen and oxygen atoms in total. The van der Waals surface area contributed by atoms with E-state index in [1.54, 1.807) is 30.3 Å². The summed E-state index contributed by atoms with van der Waals surface area (Å²) in [6.45, 7) is 0. The maximum Gasteiger partial charge on any atom is 0.335 e. The number of rotatable bonds is 6. The molecular formula is C21H15BrN2O5. The van der Waals surface area contributed by atoms with Gasteiger partial charge in [0.05, 0.1) is 5.56 Å². The predicted octanol–water partition coefficient (Wildman–Crippen LogP) is 4.15. The van der Waals surface area contributed by atoms with E-state index in [2.05, 4.69) is 26.6 Å². The van der Waals surface area contributed by atoms with E-state index in [0.717, 1.165) is 0 Å². The second-order valence-electron chi connectivity index (χ2n) is 5.86. The van der Waals surface area contributed by atoms with Crippen molar-refractivity contribution in [1.29, 1.82) is 0 Å². The number of halogens is 1. The summed E-state index contributed by atoms with van der Waals surface area (Å²) in [6.07, 6.45) is 1.52. The van der Waals surface area contributed by atoms with Crippen molar-refractivity contribution in [2.75, 3.05) is 5.32 Å². The van der Waals surface area contributed by atoms with E-state index in [1.165, 1.54) is 36.4 Å². The molecule has 0 fully saturated rings. The van der Waals surface area contributed by atoms with Crippen LogP contribution in [0.5, 0.6) is 0 Å². The Labute approximate surface area is 174 Å². The molecule has 0 aliphatic heterocycles. The molecule has 0 spiro atoms. The summed E-state index contributed by atoms with van der Waals surface area (Å²) in [5.74, 6) is -2.19. The van der Waals surface area contributed by atoms with Crippen LogP contribution in [-0.2, 0) is 4.79 Å². The average Bonchev–Trinajstić information content (AvgIpc) is 3.15. The molecule has 8 heteroatoms. The molecule has 146 valence electrons. The molecule has 0 bridgehead atoms. The molecule has 0 aliphatic rings. The van der Waals surface area contributed by atoms with Gasteiger partial charge in [0.1, 0.15) is 5.70 Å². The molecule has 0 aliphatic carbocycles. The standard InChI is InChI=1S/C21H15BrN2O5/c22-18-11-10-17(29-18)20(26)24-16(12-13-4-2-1-3-5-13)19(25)23-15-8-6-14(7-9-15)21(27)28/h1-12H,(H,23,25)(H,24,26)(H,27,28)/b16-12-. The van der Waals surface area contributed by atoms with Crippen molar-refractivity contribution in [3.8, 4) is 0 Å². The number of amides is 2. The van der Waals surface area contributed by atoms with Crippen molar-refractivity contribution in [3.05, 3.63) is 94.0 Å². The summed E-state index contributed by atoms with van der Waals surface area (Å²) in [7, 11) is 0. The van der Waals surface area contributed by atoms with Gasteiger partial charge >= 0.3 is 5.97 Å². The zero-order valence-corrected chi connectivity index (χ0v) is 16.5. The van der Waals surface area contributed by atoms with Crippen LogP contribution in [-0.4, -0.2) is 22.9 Å². The number of anilines is 1. The number of benzene rings is 2. The van der Waals surface area contributed by atoms with Crippen molar-refractivity contribution in [3.63, 3.8) is 0 Å². The highest BCUT2D eigenvalue weighted by Gasteiger charge is 2.17. The van der Waals surface area contributed by atoms with Gasteiger partial charge in [0.15, 0.2) is 10.4 Å². The van der Waals surface area contributed by atoms with Gasteiger partial charge in [-0.25, -0.2) is 4.79 Å². The molecule has 1 heterocycles.